The van der Waals surface area contributed by atoms with E-state index in [0.717, 1.165) is 17.1 Å². The number of nitrogens with two attached hydrogens (primary N) is 1. The van der Waals surface area contributed by atoms with Crippen molar-refractivity contribution in [2.24, 2.45) is 0 Å². The lowest BCUT2D eigenvalue weighted by atomic mass is 9.87. The van der Waals surface area contributed by atoms with E-state index in [9.17, 15) is 0 Å². The molecule has 94 valence electrons. The zero-order valence-corrected chi connectivity index (χ0v) is 10.5. The Balaban J connectivity index is 1.84. The van der Waals surface area contributed by atoms with Crippen molar-refractivity contribution in [1.29, 1.82) is 0 Å². The summed E-state index contributed by atoms with van der Waals surface area (Å²) >= 11 is 0. The minimum absolute atomic E-state index is 0.668. The van der Waals surface area contributed by atoms with Crippen LogP contribution >= 0.6 is 0 Å². The second-order valence-corrected chi connectivity index (χ2v) is 5.15. The molecule has 0 saturated heterocycles. The number of hydrogen-bond acceptors (Lipinski definition) is 2. The number of nitrogen functional groups attached to an aromatic ring is 1. The molecule has 1 aliphatic rings. The Morgan fingerprint density at radius 3 is 2.78 bits per heavy atom. The van der Waals surface area contributed by atoms with E-state index in [1.54, 1.807) is 0 Å². The van der Waals surface area contributed by atoms with E-state index < -0.39 is 0 Å². The molecule has 0 bridgehead atoms. The molecule has 1 heterocycles. The van der Waals surface area contributed by atoms with E-state index in [2.05, 4.69) is 9.97 Å². The highest BCUT2D eigenvalue weighted by molar-refractivity contribution is 5.61. The van der Waals surface area contributed by atoms with Crippen molar-refractivity contribution in [3.05, 3.63) is 36.2 Å². The summed E-state index contributed by atoms with van der Waals surface area (Å²) in [5.41, 5.74) is 8.94. The minimum atomic E-state index is 0.668. The number of nitrogens with one attached hydrogen (secondary N) is 1. The first-order valence-electron chi connectivity index (χ1n) is 6.74. The predicted octanol–water partition coefficient (Wildman–Crippen LogP) is 3.71. The Hall–Kier alpha value is -1.77. The molecule has 3 heteroatoms. The van der Waals surface area contributed by atoms with Gasteiger partial charge < -0.3 is 10.7 Å². The van der Waals surface area contributed by atoms with Gasteiger partial charge in [0, 0.05) is 29.1 Å². The van der Waals surface area contributed by atoms with Crippen LogP contribution in [0.25, 0.3) is 11.4 Å². The predicted molar refractivity (Wildman–Crippen MR) is 74.3 cm³/mol. The van der Waals surface area contributed by atoms with E-state index >= 15 is 0 Å². The third-order valence-electron chi connectivity index (χ3n) is 3.80. The lowest BCUT2D eigenvalue weighted by Gasteiger charge is -2.19. The summed E-state index contributed by atoms with van der Waals surface area (Å²) in [6, 6.07) is 7.87. The van der Waals surface area contributed by atoms with E-state index in [1.807, 2.05) is 30.5 Å². The molecule has 1 aromatic carbocycles. The van der Waals surface area contributed by atoms with Crippen LogP contribution in [0.4, 0.5) is 5.69 Å². The summed E-state index contributed by atoms with van der Waals surface area (Å²) in [5, 5.41) is 0. The zero-order chi connectivity index (χ0) is 12.4. The molecule has 0 unspecified atom stereocenters. The van der Waals surface area contributed by atoms with E-state index in [1.165, 1.54) is 37.8 Å². The first kappa shape index (κ1) is 11.3. The lowest BCUT2D eigenvalue weighted by Crippen LogP contribution is -2.04. The second-order valence-electron chi connectivity index (χ2n) is 5.15. The summed E-state index contributed by atoms with van der Waals surface area (Å²) in [7, 11) is 0. The van der Waals surface area contributed by atoms with Gasteiger partial charge in [-0.2, -0.15) is 0 Å². The number of anilines is 1. The van der Waals surface area contributed by atoms with Crippen molar-refractivity contribution in [2.75, 3.05) is 5.73 Å². The standard InChI is InChI=1S/C15H19N3/c16-13-8-4-7-12(9-13)15-17-10-14(18-15)11-5-2-1-3-6-11/h4,7-11H,1-3,5-6,16H2,(H,17,18). The number of aromatic nitrogens is 2. The van der Waals surface area contributed by atoms with Crippen LogP contribution in [-0.2, 0) is 0 Å². The van der Waals surface area contributed by atoms with Crippen LogP contribution in [0.5, 0.6) is 0 Å². The lowest BCUT2D eigenvalue weighted by molar-refractivity contribution is 0.438. The Labute approximate surface area is 107 Å². The van der Waals surface area contributed by atoms with E-state index in [4.69, 9.17) is 5.73 Å². The van der Waals surface area contributed by atoms with Crippen LogP contribution < -0.4 is 5.73 Å². The number of hydrogen-bond donors (Lipinski definition) is 2. The molecule has 3 nitrogen and oxygen atoms in total. The molecule has 0 amide bonds. The van der Waals surface area contributed by atoms with Gasteiger partial charge in [0.05, 0.1) is 0 Å². The number of aromatic amines is 1. The molecule has 1 fully saturated rings. The summed E-state index contributed by atoms with van der Waals surface area (Å²) in [6.07, 6.45) is 8.65. The van der Waals surface area contributed by atoms with Crippen LogP contribution in [0, 0.1) is 0 Å². The van der Waals surface area contributed by atoms with Gasteiger partial charge in [0.1, 0.15) is 5.82 Å². The van der Waals surface area contributed by atoms with Gasteiger partial charge in [-0.05, 0) is 25.0 Å². The van der Waals surface area contributed by atoms with Crippen molar-refractivity contribution in [2.45, 2.75) is 38.0 Å². The highest BCUT2D eigenvalue weighted by atomic mass is 14.9. The summed E-state index contributed by atoms with van der Waals surface area (Å²) in [6.45, 7) is 0. The number of benzene rings is 1. The molecule has 2 aromatic rings. The molecular weight excluding hydrogens is 222 g/mol. The summed E-state index contributed by atoms with van der Waals surface area (Å²) in [5.74, 6) is 1.60. The SMILES string of the molecule is Nc1cccc(-c2ncc(C3CCCCC3)[nH]2)c1. The topological polar surface area (TPSA) is 54.7 Å². The molecule has 1 saturated carbocycles. The number of rotatable bonds is 2. The fraction of sp³-hybridized carbons (Fsp3) is 0.400. The molecule has 0 aliphatic heterocycles. The molecule has 3 rings (SSSR count). The average Bonchev–Trinajstić information content (AvgIpc) is 2.89. The van der Waals surface area contributed by atoms with Crippen LogP contribution in [0.1, 0.15) is 43.7 Å². The van der Waals surface area contributed by atoms with Gasteiger partial charge in [0.25, 0.3) is 0 Å². The highest BCUT2D eigenvalue weighted by Gasteiger charge is 2.17. The van der Waals surface area contributed by atoms with Gasteiger partial charge in [-0.1, -0.05) is 31.4 Å². The van der Waals surface area contributed by atoms with Crippen molar-refractivity contribution in [1.82, 2.24) is 9.97 Å². The van der Waals surface area contributed by atoms with Gasteiger partial charge in [-0.25, -0.2) is 4.98 Å². The molecule has 0 atom stereocenters. The van der Waals surface area contributed by atoms with Crippen molar-refractivity contribution in [3.63, 3.8) is 0 Å². The van der Waals surface area contributed by atoms with Crippen LogP contribution in [0.15, 0.2) is 30.5 Å². The molecule has 3 N–H and O–H groups in total. The highest BCUT2D eigenvalue weighted by Crippen LogP contribution is 2.32. The fourth-order valence-electron chi connectivity index (χ4n) is 2.79. The first-order chi connectivity index (χ1) is 8.83. The number of imidazole rings is 1. The van der Waals surface area contributed by atoms with Gasteiger partial charge in [0.2, 0.25) is 0 Å². The van der Waals surface area contributed by atoms with Crippen molar-refractivity contribution < 1.29 is 0 Å². The molecular formula is C15H19N3. The Morgan fingerprint density at radius 2 is 2.00 bits per heavy atom. The maximum atomic E-state index is 5.80. The maximum Gasteiger partial charge on any atom is 0.137 e. The molecule has 1 aromatic heterocycles. The van der Waals surface area contributed by atoms with Crippen molar-refractivity contribution >= 4 is 5.69 Å². The first-order valence-corrected chi connectivity index (χ1v) is 6.74. The van der Waals surface area contributed by atoms with Gasteiger partial charge in [-0.3, -0.25) is 0 Å². The average molecular weight is 241 g/mol. The Morgan fingerprint density at radius 1 is 1.17 bits per heavy atom. The second kappa shape index (κ2) is 4.84. The maximum absolute atomic E-state index is 5.80. The van der Waals surface area contributed by atoms with Gasteiger partial charge in [-0.15, -0.1) is 0 Å². The van der Waals surface area contributed by atoms with Crippen LogP contribution in [0.2, 0.25) is 0 Å². The molecule has 1 aliphatic carbocycles. The third kappa shape index (κ3) is 2.26. The number of nitrogens with zero attached hydrogens (tertiary/aromatic N) is 1. The third-order valence-corrected chi connectivity index (χ3v) is 3.80. The number of H-pyrrole nitrogens is 1. The van der Waals surface area contributed by atoms with Crippen LogP contribution in [0.3, 0.4) is 0 Å². The Bertz CT molecular complexity index is 524. The monoisotopic (exact) mass is 241 g/mol. The molecule has 0 radical (unpaired) electrons. The quantitative estimate of drug-likeness (QED) is 0.787. The van der Waals surface area contributed by atoms with E-state index in [0.29, 0.717) is 5.92 Å². The fourth-order valence-corrected chi connectivity index (χ4v) is 2.79. The van der Waals surface area contributed by atoms with Gasteiger partial charge >= 0.3 is 0 Å². The minimum Gasteiger partial charge on any atom is -0.399 e. The zero-order valence-electron chi connectivity index (χ0n) is 10.5. The van der Waals surface area contributed by atoms with E-state index in [-0.39, 0.29) is 0 Å². The van der Waals surface area contributed by atoms with Gasteiger partial charge in [0.15, 0.2) is 0 Å². The Kier molecular flexibility index (Phi) is 3.05. The van der Waals surface area contributed by atoms with Crippen molar-refractivity contribution in [3.8, 4) is 11.4 Å². The molecule has 0 spiro atoms. The smallest absolute Gasteiger partial charge is 0.137 e. The summed E-state index contributed by atoms with van der Waals surface area (Å²) in [4.78, 5) is 7.95. The van der Waals surface area contributed by atoms with Crippen LogP contribution in [-0.4, -0.2) is 9.97 Å². The molecule has 18 heavy (non-hydrogen) atoms. The summed E-state index contributed by atoms with van der Waals surface area (Å²) < 4.78 is 0. The normalized spacial score (nSPS) is 16.9. The largest absolute Gasteiger partial charge is 0.399 e.